The minimum atomic E-state index is -0.278. The second-order valence-corrected chi connectivity index (χ2v) is 25.6. The predicted molar refractivity (Wildman–Crippen MR) is 247 cm³/mol. The molecule has 0 saturated heterocycles. The maximum atomic E-state index is 12.9. The SMILES string of the molecule is C=C(C)C(C)(CCC(C)(SC(C)=O)C(C)CCC(C)C(C)(CC/C(C)=C(\C)CC)SC(C)=O)CC(C)(CC(C)(C)C(C)(C)SC(C)=O)C(C)CSC(C)=O. The summed E-state index contributed by atoms with van der Waals surface area (Å²) in [5, 5.41) is 0.585. The smallest absolute Gasteiger partial charge is 0.186 e. The van der Waals surface area contributed by atoms with Crippen molar-refractivity contribution in [3.8, 4) is 0 Å². The van der Waals surface area contributed by atoms with Crippen LogP contribution in [0.2, 0.25) is 0 Å². The van der Waals surface area contributed by atoms with Crippen molar-refractivity contribution in [3.05, 3.63) is 23.3 Å². The summed E-state index contributed by atoms with van der Waals surface area (Å²) in [6, 6.07) is 0. The summed E-state index contributed by atoms with van der Waals surface area (Å²) < 4.78 is -0.703. The maximum Gasteiger partial charge on any atom is 0.186 e. The number of hydrogen-bond acceptors (Lipinski definition) is 8. The molecule has 0 aromatic carbocycles. The van der Waals surface area contributed by atoms with E-state index in [1.165, 1.54) is 58.2 Å². The first-order valence-electron chi connectivity index (χ1n) is 20.3. The van der Waals surface area contributed by atoms with E-state index in [0.717, 1.165) is 69.1 Å². The molecule has 0 bridgehead atoms. The van der Waals surface area contributed by atoms with E-state index in [1.54, 1.807) is 27.7 Å². The topological polar surface area (TPSA) is 68.3 Å². The summed E-state index contributed by atoms with van der Waals surface area (Å²) in [4.78, 5) is 49.9. The van der Waals surface area contributed by atoms with E-state index >= 15 is 0 Å². The zero-order valence-electron chi connectivity index (χ0n) is 38.3. The zero-order chi connectivity index (χ0) is 42.7. The van der Waals surface area contributed by atoms with Gasteiger partial charge < -0.3 is 0 Å². The van der Waals surface area contributed by atoms with E-state index in [4.69, 9.17) is 0 Å². The highest BCUT2D eigenvalue weighted by molar-refractivity contribution is 8.15. The minimum absolute atomic E-state index is 0.129. The van der Waals surface area contributed by atoms with E-state index in [-0.39, 0.29) is 62.8 Å². The predicted octanol–water partition coefficient (Wildman–Crippen LogP) is 14.8. The molecule has 0 aromatic heterocycles. The Bertz CT molecular complexity index is 1330. The van der Waals surface area contributed by atoms with Gasteiger partial charge in [0.2, 0.25) is 0 Å². The molecule has 54 heavy (non-hydrogen) atoms. The number of carbonyl (C=O) groups excluding carboxylic acids is 4. The molecule has 7 unspecified atom stereocenters. The van der Waals surface area contributed by atoms with Crippen molar-refractivity contribution in [2.75, 3.05) is 5.75 Å². The van der Waals surface area contributed by atoms with Crippen molar-refractivity contribution < 1.29 is 19.2 Å². The summed E-state index contributed by atoms with van der Waals surface area (Å²) in [6.07, 6.45) is 8.56. The van der Waals surface area contributed by atoms with Crippen molar-refractivity contribution in [1.82, 2.24) is 0 Å². The molecule has 0 rings (SSSR count). The molecule has 314 valence electrons. The van der Waals surface area contributed by atoms with Gasteiger partial charge in [-0.15, -0.1) is 0 Å². The Morgan fingerprint density at radius 1 is 0.574 bits per heavy atom. The molecule has 7 atom stereocenters. The molecule has 0 heterocycles. The van der Waals surface area contributed by atoms with Gasteiger partial charge in [0.1, 0.15) is 0 Å². The number of allylic oxidation sites excluding steroid dienone is 3. The Morgan fingerprint density at radius 2 is 1.02 bits per heavy atom. The Kier molecular flexibility index (Phi) is 21.9. The molecule has 0 fully saturated rings. The molecule has 0 N–H and O–H groups in total. The average Bonchev–Trinajstić information content (AvgIpc) is 3.01. The molecule has 0 aliphatic heterocycles. The van der Waals surface area contributed by atoms with Gasteiger partial charge in [-0.25, -0.2) is 0 Å². The van der Waals surface area contributed by atoms with Gasteiger partial charge in [-0.2, -0.15) is 0 Å². The van der Waals surface area contributed by atoms with Crippen LogP contribution in [0.1, 0.15) is 189 Å². The third kappa shape index (κ3) is 16.8. The highest BCUT2D eigenvalue weighted by Crippen LogP contribution is 2.57. The molecule has 0 aliphatic carbocycles. The Morgan fingerprint density at radius 3 is 1.41 bits per heavy atom. The number of rotatable bonds is 24. The second-order valence-electron chi connectivity index (χ2n) is 19.1. The van der Waals surface area contributed by atoms with Crippen LogP contribution in [0.15, 0.2) is 23.3 Å². The standard InChI is InChI=1S/C46H82O4S4/c1-21-32(4)33(5)24-25-45(19,53-39(11)49)34(6)22-23-35(7)46(20,54-40(12)50)27-26-43(17,31(2)3)30-44(18,36(8)28-51-37(9)47)29-41(13,14)42(15,16)52-38(10)48/h34-36H,2,21-30H2,1,3-20H3/b33-32+. The lowest BCUT2D eigenvalue weighted by Gasteiger charge is -2.51. The van der Waals surface area contributed by atoms with Gasteiger partial charge in [-0.1, -0.05) is 126 Å². The molecular formula is C46H82O4S4. The van der Waals surface area contributed by atoms with Crippen LogP contribution in [0.5, 0.6) is 0 Å². The van der Waals surface area contributed by atoms with Gasteiger partial charge in [-0.05, 0) is 140 Å². The molecule has 0 amide bonds. The van der Waals surface area contributed by atoms with Crippen molar-refractivity contribution in [1.29, 1.82) is 0 Å². The summed E-state index contributed by atoms with van der Waals surface area (Å²) in [6.45, 7) is 45.2. The van der Waals surface area contributed by atoms with Crippen LogP contribution in [0.3, 0.4) is 0 Å². The molecular weight excluding hydrogens is 745 g/mol. The Balaban J connectivity index is 6.59. The van der Waals surface area contributed by atoms with Crippen molar-refractivity contribution >= 4 is 67.5 Å². The van der Waals surface area contributed by atoms with Gasteiger partial charge in [0, 0.05) is 47.7 Å². The van der Waals surface area contributed by atoms with E-state index < -0.39 is 0 Å². The molecule has 8 heteroatoms. The van der Waals surface area contributed by atoms with E-state index in [0.29, 0.717) is 5.92 Å². The Labute approximate surface area is 351 Å². The van der Waals surface area contributed by atoms with Crippen LogP contribution in [0.25, 0.3) is 0 Å². The Hall–Kier alpha value is -0.440. The van der Waals surface area contributed by atoms with Crippen LogP contribution < -0.4 is 0 Å². The first-order chi connectivity index (χ1) is 24.3. The minimum Gasteiger partial charge on any atom is -0.288 e. The van der Waals surface area contributed by atoms with Gasteiger partial charge in [-0.3, -0.25) is 19.2 Å². The second kappa shape index (κ2) is 22.1. The van der Waals surface area contributed by atoms with Crippen molar-refractivity contribution in [2.45, 2.75) is 204 Å². The molecule has 0 aliphatic rings. The number of hydrogen-bond donors (Lipinski definition) is 0. The molecule has 0 radical (unpaired) electrons. The maximum absolute atomic E-state index is 12.9. The van der Waals surface area contributed by atoms with Crippen molar-refractivity contribution in [2.24, 2.45) is 34.0 Å². The lowest BCUT2D eigenvalue weighted by Crippen LogP contribution is -2.45. The first kappa shape index (κ1) is 53.6. The number of thioether (sulfide) groups is 4. The first-order valence-corrected chi connectivity index (χ1v) is 23.8. The van der Waals surface area contributed by atoms with E-state index in [2.05, 4.69) is 110 Å². The van der Waals surface area contributed by atoms with E-state index in [9.17, 15) is 19.2 Å². The van der Waals surface area contributed by atoms with Crippen LogP contribution in [-0.2, 0) is 19.2 Å². The zero-order valence-corrected chi connectivity index (χ0v) is 41.5. The van der Waals surface area contributed by atoms with Gasteiger partial charge in [0.15, 0.2) is 20.5 Å². The van der Waals surface area contributed by atoms with Crippen LogP contribution in [0, 0.1) is 34.0 Å². The highest BCUT2D eigenvalue weighted by Gasteiger charge is 2.48. The monoisotopic (exact) mass is 827 g/mol. The van der Waals surface area contributed by atoms with Gasteiger partial charge in [0.05, 0.1) is 0 Å². The third-order valence-corrected chi connectivity index (χ3v) is 18.9. The summed E-state index contributed by atoms with van der Waals surface area (Å²) in [5.41, 5.74) is 3.49. The summed E-state index contributed by atoms with van der Waals surface area (Å²) in [5.74, 6) is 1.60. The van der Waals surface area contributed by atoms with Crippen LogP contribution >= 0.6 is 47.0 Å². The van der Waals surface area contributed by atoms with Crippen LogP contribution in [-0.4, -0.2) is 40.5 Å². The van der Waals surface area contributed by atoms with Crippen molar-refractivity contribution in [3.63, 3.8) is 0 Å². The van der Waals surface area contributed by atoms with Gasteiger partial charge >= 0.3 is 0 Å². The quantitative estimate of drug-likeness (QED) is 0.0892. The lowest BCUT2D eigenvalue weighted by molar-refractivity contribution is -0.110. The van der Waals surface area contributed by atoms with E-state index in [1.807, 2.05) is 0 Å². The fourth-order valence-electron chi connectivity index (χ4n) is 7.96. The number of carbonyl (C=O) groups is 4. The lowest BCUT2D eigenvalue weighted by atomic mass is 9.57. The fraction of sp³-hybridized carbons (Fsp3) is 0.826. The average molecular weight is 827 g/mol. The molecule has 0 aromatic rings. The molecule has 0 spiro atoms. The molecule has 0 saturated carbocycles. The largest absolute Gasteiger partial charge is 0.288 e. The summed E-state index contributed by atoms with van der Waals surface area (Å²) >= 11 is 5.84. The fourth-order valence-corrected chi connectivity index (χ4v) is 12.3. The molecule has 4 nitrogen and oxygen atoms in total. The van der Waals surface area contributed by atoms with Crippen LogP contribution in [0.4, 0.5) is 0 Å². The third-order valence-electron chi connectivity index (χ3n) is 13.7. The highest BCUT2D eigenvalue weighted by atomic mass is 32.2. The summed E-state index contributed by atoms with van der Waals surface area (Å²) in [7, 11) is 0. The van der Waals surface area contributed by atoms with Gasteiger partial charge in [0.25, 0.3) is 0 Å². The normalized spacial score (nSPS) is 19.2.